The lowest BCUT2D eigenvalue weighted by molar-refractivity contribution is 0.811. The molecular weight excluding hydrogens is 1620 g/mol. The van der Waals surface area contributed by atoms with Gasteiger partial charge in [0, 0.05) is 0 Å². The maximum atomic E-state index is 3.60. The molecule has 5 rings (SSSR count). The van der Waals surface area contributed by atoms with Crippen molar-refractivity contribution in [1.29, 1.82) is 0 Å². The fraction of sp³-hybridized carbons (Fsp3) is 0.600. The molecule has 0 saturated carbocycles. The van der Waals surface area contributed by atoms with Crippen LogP contribution in [0.3, 0.4) is 0 Å². The Labute approximate surface area is 517 Å². The Morgan fingerprint density at radius 2 is 0.338 bits per heavy atom. The van der Waals surface area contributed by atoms with Gasteiger partial charge in [-0.2, -0.15) is 0 Å². The van der Waals surface area contributed by atoms with Gasteiger partial charge in [0.15, 0.2) is 18.4 Å². The van der Waals surface area contributed by atoms with Crippen molar-refractivity contribution in [3.05, 3.63) is 115 Å². The van der Waals surface area contributed by atoms with Gasteiger partial charge in [0.25, 0.3) is 0 Å². The summed E-state index contributed by atoms with van der Waals surface area (Å²) in [5.74, 6) is 5.21. The minimum absolute atomic E-state index is 0.410. The summed E-state index contributed by atoms with van der Waals surface area (Å²) in [4.78, 5) is 0. The van der Waals surface area contributed by atoms with Crippen LogP contribution < -0.4 is 20.7 Å². The van der Waals surface area contributed by atoms with Crippen LogP contribution in [0.1, 0.15) is 304 Å². The monoisotopic (exact) mass is 1710 g/mol. The van der Waals surface area contributed by atoms with E-state index in [1.807, 2.05) is 20.7 Å². The molecule has 0 radical (unpaired) electrons. The zero-order chi connectivity index (χ0) is 54.3. The van der Waals surface area contributed by atoms with Crippen LogP contribution in [0.2, 0.25) is 0 Å². The molecule has 0 N–H and O–H groups in total. The molecule has 0 spiro atoms. The molecular formula is C60H92I6Si5. The second kappa shape index (κ2) is 23.8. The van der Waals surface area contributed by atoms with Gasteiger partial charge >= 0.3 is 0 Å². The zero-order valence-corrected chi connectivity index (χ0v) is 66.3. The first-order valence-electron chi connectivity index (χ1n) is 27.3. The van der Waals surface area contributed by atoms with Crippen molar-refractivity contribution in [1.82, 2.24) is 0 Å². The highest BCUT2D eigenvalue weighted by Crippen LogP contribution is 2.67. The van der Waals surface area contributed by atoms with Crippen molar-refractivity contribution >= 4 is 172 Å². The van der Waals surface area contributed by atoms with Crippen LogP contribution in [0.25, 0.3) is 0 Å². The van der Waals surface area contributed by atoms with Gasteiger partial charge in [0.1, 0.15) is 0 Å². The predicted molar refractivity (Wildman–Crippen MR) is 386 cm³/mol. The van der Waals surface area contributed by atoms with E-state index >= 15 is 0 Å². The molecule has 1 heterocycles. The number of hydrogen-bond acceptors (Lipinski definition) is 0. The molecule has 0 aliphatic carbocycles. The Hall–Kier alpha value is 2.34. The molecule has 1 aliphatic rings. The van der Waals surface area contributed by atoms with E-state index in [2.05, 4.69) is 345 Å². The van der Waals surface area contributed by atoms with E-state index in [0.717, 1.165) is 0 Å². The van der Waals surface area contributed by atoms with E-state index in [1.54, 1.807) is 44.5 Å². The molecule has 71 heavy (non-hydrogen) atoms. The van der Waals surface area contributed by atoms with E-state index in [-0.39, 0.29) is 0 Å². The summed E-state index contributed by atoms with van der Waals surface area (Å²) in [6.07, 6.45) is 0. The van der Waals surface area contributed by atoms with Crippen LogP contribution in [0, 0.1) is 0 Å². The molecule has 11 heteroatoms. The number of benzene rings is 4. The summed E-state index contributed by atoms with van der Waals surface area (Å²) in [7, 11) is 0. The van der Waals surface area contributed by atoms with Gasteiger partial charge in [-0.05, 0) is 159 Å². The molecule has 1 aliphatic heterocycles. The van der Waals surface area contributed by atoms with Gasteiger partial charge in [-0.3, -0.25) is 0 Å². The molecule has 0 bridgehead atoms. The average molecular weight is 1720 g/mol. The van der Waals surface area contributed by atoms with Gasteiger partial charge < -0.3 is 0 Å². The van der Waals surface area contributed by atoms with E-state index in [1.165, 1.54) is 22.3 Å². The average Bonchev–Trinajstić information content (AvgIpc) is 3.35. The van der Waals surface area contributed by atoms with Crippen molar-refractivity contribution in [2.24, 2.45) is 0 Å². The summed E-state index contributed by atoms with van der Waals surface area (Å²) >= 11 is 21.3. The smallest absolute Gasteiger partial charge is 0.117 e. The Kier molecular flexibility index (Phi) is 21.5. The van der Waals surface area contributed by atoms with Gasteiger partial charge in [-0.1, -0.05) is 215 Å². The third-order valence-electron chi connectivity index (χ3n) is 16.2. The fourth-order valence-electron chi connectivity index (χ4n) is 11.9. The molecule has 394 valence electrons. The van der Waals surface area contributed by atoms with Gasteiger partial charge in [-0.15, -0.1) is 131 Å². The van der Waals surface area contributed by atoms with E-state index in [9.17, 15) is 0 Å². The van der Waals surface area contributed by atoms with E-state index < -0.39 is 20.5 Å². The van der Waals surface area contributed by atoms with Crippen molar-refractivity contribution in [3.63, 3.8) is 0 Å². The number of halogens is 6. The summed E-state index contributed by atoms with van der Waals surface area (Å²) in [5.41, 5.74) is 19.7. The van der Waals surface area contributed by atoms with E-state index in [4.69, 9.17) is 0 Å². The van der Waals surface area contributed by atoms with Crippen molar-refractivity contribution in [2.75, 3.05) is 0 Å². The van der Waals surface area contributed by atoms with Crippen LogP contribution in [0.5, 0.6) is 0 Å². The Morgan fingerprint density at radius 3 is 0.451 bits per heavy atom. The highest BCUT2D eigenvalue weighted by molar-refractivity contribution is 14.3. The third kappa shape index (κ3) is 10.6. The largest absolute Gasteiger partial charge is 0.203 e. The topological polar surface area (TPSA) is 0 Å². The van der Waals surface area contributed by atoms with Crippen LogP contribution in [-0.4, -0.2) is 20.5 Å². The molecule has 1 fully saturated rings. The summed E-state index contributed by atoms with van der Waals surface area (Å²) in [6.45, 7) is 60.6. The molecule has 0 amide bonds. The third-order valence-corrected chi connectivity index (χ3v) is 304. The minimum Gasteiger partial charge on any atom is -0.117 e. The summed E-state index contributed by atoms with van der Waals surface area (Å²) in [6, 6.07) is 22.3. The number of rotatable bonds is 16. The van der Waals surface area contributed by atoms with Crippen LogP contribution in [-0.2, 0) is 0 Å². The first-order valence-corrected chi connectivity index (χ1v) is 61.0. The van der Waals surface area contributed by atoms with Crippen molar-refractivity contribution in [2.45, 2.75) is 237 Å². The van der Waals surface area contributed by atoms with Gasteiger partial charge in [0.2, 0.25) is 2.10 Å². The Bertz CT molecular complexity index is 2300. The molecule has 1 saturated heterocycles. The highest BCUT2D eigenvalue weighted by atomic mass is 127. The number of hydrogen-bond donors (Lipinski definition) is 0. The fourth-order valence-corrected chi connectivity index (χ4v) is 485. The maximum absolute atomic E-state index is 3.60. The molecule has 0 nitrogen and oxygen atoms in total. The minimum atomic E-state index is -2.90. The zero-order valence-electron chi connectivity index (χ0n) is 48.3. The molecule has 4 unspecified atom stereocenters. The summed E-state index contributed by atoms with van der Waals surface area (Å²) < 4.78 is -13.9. The van der Waals surface area contributed by atoms with Crippen molar-refractivity contribution in [3.8, 4) is 0 Å². The van der Waals surface area contributed by atoms with Gasteiger partial charge in [-0.25, -0.2) is 0 Å². The van der Waals surface area contributed by atoms with E-state index in [0.29, 0.717) is 71.0 Å². The molecule has 0 aromatic heterocycles. The lowest BCUT2D eigenvalue weighted by Gasteiger charge is -2.50. The van der Waals surface area contributed by atoms with Crippen LogP contribution >= 0.6 is 131 Å². The second-order valence-electron chi connectivity index (χ2n) is 25.4. The lowest BCUT2D eigenvalue weighted by atomic mass is 9.89. The Morgan fingerprint density at radius 1 is 0.211 bits per heavy atom. The Balaban J connectivity index is 2.48. The molecule has 4 aromatic rings. The second-order valence-corrected chi connectivity index (χ2v) is 136. The normalized spacial score (nSPS) is 23.0. The first kappa shape index (κ1) is 64.2. The first-order chi connectivity index (χ1) is 32.5. The summed E-state index contributed by atoms with van der Waals surface area (Å²) in [5, 5.41) is 7.65. The predicted octanol–water partition coefficient (Wildman–Crippen LogP) is 20.3. The van der Waals surface area contributed by atoms with Crippen LogP contribution in [0.4, 0.5) is 0 Å². The SMILES string of the molecule is CC(C)c1cc(C(C)C)c([Si]2(I)[Si](I)(I)[Si](I)(c3c(C(C)C)cc(C(C)C)cc3C(C)C)[Si](I)(c3c(C(C)C)cc(C(C)C)cc3C(C)C)[Si]2(I)c2c(C(C)C)cc(C(C)C)cc2C(C)C)c(C(C)C)c1. The molecule has 4 aromatic carbocycles. The van der Waals surface area contributed by atoms with Crippen LogP contribution in [0.15, 0.2) is 48.5 Å². The van der Waals surface area contributed by atoms with Gasteiger partial charge in [0.05, 0.1) is 0 Å². The highest BCUT2D eigenvalue weighted by Gasteiger charge is 2.93. The maximum Gasteiger partial charge on any atom is 0.203 e. The molecule has 4 atom stereocenters. The standard InChI is InChI=1S/C60H92I6Si5/c1-33(2)45-25-49(37(9)10)57(50(26-45)38(11)12)67(61)68(62,58-51(39(13)14)27-46(34(3)4)28-52(58)40(15)16)70(64,60-55(43(21)22)31-48(36(7)8)32-56(60)44(23)24)71(65,66)69(67,63)59-53(41(17)18)29-47(35(5)6)30-54(59)42(19)20/h25-44H,1-24H3. The lowest BCUT2D eigenvalue weighted by Crippen LogP contribution is -2.85. The quantitative estimate of drug-likeness (QED) is 0.0596. The van der Waals surface area contributed by atoms with Crippen molar-refractivity contribution < 1.29 is 0 Å².